The van der Waals surface area contributed by atoms with Crippen molar-refractivity contribution < 1.29 is 22.7 Å². The summed E-state index contributed by atoms with van der Waals surface area (Å²) in [7, 11) is -3.70. The molecule has 0 spiro atoms. The fourth-order valence-electron chi connectivity index (χ4n) is 3.65. The Kier molecular flexibility index (Phi) is 6.14. The molecular weight excluding hydrogens is 380 g/mol. The number of hydrogen-bond donors (Lipinski definition) is 1. The van der Waals surface area contributed by atoms with Crippen molar-refractivity contribution >= 4 is 15.9 Å². The number of rotatable bonds is 4. The number of carbonyl (C=O) groups is 1. The van der Waals surface area contributed by atoms with Gasteiger partial charge in [0.25, 0.3) is 5.91 Å². The van der Waals surface area contributed by atoms with Crippen molar-refractivity contribution in [1.82, 2.24) is 9.62 Å². The Balaban J connectivity index is 1.73. The first kappa shape index (κ1) is 21.2. The third-order valence-corrected chi connectivity index (χ3v) is 6.81. The summed E-state index contributed by atoms with van der Waals surface area (Å²) in [4.78, 5) is 15.0. The quantitative estimate of drug-likeness (QED) is 0.823. The molecule has 2 aliphatic heterocycles. The van der Waals surface area contributed by atoms with E-state index in [9.17, 15) is 13.2 Å². The lowest BCUT2D eigenvalue weighted by molar-refractivity contribution is -0.0956. The number of nitrogens with zero attached hydrogens (tertiary/aromatic N) is 1. The minimum atomic E-state index is -3.70. The average Bonchev–Trinajstić information content (AvgIpc) is 3.14. The number of likely N-dealkylation sites (tertiary alicyclic amines) is 1. The number of sulfonamides is 1. The van der Waals surface area contributed by atoms with Crippen LogP contribution in [0.1, 0.15) is 49.5 Å². The Hall–Kier alpha value is -1.48. The molecule has 1 amide bonds. The normalized spacial score (nSPS) is 19.9. The fraction of sp³-hybridized carbons (Fsp3) is 0.650. The van der Waals surface area contributed by atoms with Crippen LogP contribution in [0.4, 0.5) is 0 Å². The maximum Gasteiger partial charge on any atom is 0.254 e. The maximum absolute atomic E-state index is 13.1. The molecular formula is C20H30N2O5S. The van der Waals surface area contributed by atoms with Crippen LogP contribution in [-0.4, -0.2) is 57.4 Å². The number of piperidine rings is 1. The molecule has 0 saturated carbocycles. The first-order valence-electron chi connectivity index (χ1n) is 9.74. The zero-order chi connectivity index (χ0) is 20.5. The molecule has 0 unspecified atom stereocenters. The van der Waals surface area contributed by atoms with Gasteiger partial charge in [0.05, 0.1) is 18.1 Å². The van der Waals surface area contributed by atoms with Crippen molar-refractivity contribution in [3.63, 3.8) is 0 Å². The highest BCUT2D eigenvalue weighted by atomic mass is 32.2. The molecule has 2 heterocycles. The summed E-state index contributed by atoms with van der Waals surface area (Å²) < 4.78 is 39.1. The molecule has 3 rings (SSSR count). The van der Waals surface area contributed by atoms with Gasteiger partial charge in [0.1, 0.15) is 0 Å². The second-order valence-corrected chi connectivity index (χ2v) is 10.3. The van der Waals surface area contributed by atoms with Gasteiger partial charge in [-0.05, 0) is 58.2 Å². The topological polar surface area (TPSA) is 84.9 Å². The molecule has 0 aliphatic carbocycles. The standard InChI is InChI=1S/C20H30N2O5S/c1-14-5-6-16(28(24,25)21-20(2,3)4)13-17(14)18(23)22-9-7-15(8-10-22)19-26-11-12-27-19/h5-6,13,15,19,21H,7-12H2,1-4H3. The molecule has 1 N–H and O–H groups in total. The Morgan fingerprint density at radius 1 is 1.14 bits per heavy atom. The summed E-state index contributed by atoms with van der Waals surface area (Å²) in [5.74, 6) is 0.173. The number of hydrogen-bond acceptors (Lipinski definition) is 5. The third kappa shape index (κ3) is 4.92. The number of benzene rings is 1. The Labute approximate surface area is 167 Å². The van der Waals surface area contributed by atoms with Crippen LogP contribution in [0.5, 0.6) is 0 Å². The molecule has 2 saturated heterocycles. The minimum Gasteiger partial charge on any atom is -0.350 e. The first-order valence-corrected chi connectivity index (χ1v) is 11.2. The third-order valence-electron chi connectivity index (χ3n) is 5.05. The van der Waals surface area contributed by atoms with Gasteiger partial charge >= 0.3 is 0 Å². The molecule has 0 radical (unpaired) electrons. The van der Waals surface area contributed by atoms with Crippen LogP contribution in [0, 0.1) is 12.8 Å². The molecule has 8 heteroatoms. The van der Waals surface area contributed by atoms with E-state index in [1.165, 1.54) is 6.07 Å². The molecule has 28 heavy (non-hydrogen) atoms. The lowest BCUT2D eigenvalue weighted by Gasteiger charge is -2.34. The number of amides is 1. The van der Waals surface area contributed by atoms with Crippen molar-refractivity contribution in [3.8, 4) is 0 Å². The van der Waals surface area contributed by atoms with E-state index in [-0.39, 0.29) is 17.1 Å². The Bertz CT molecular complexity index is 817. The molecule has 0 atom stereocenters. The van der Waals surface area contributed by atoms with E-state index in [4.69, 9.17) is 9.47 Å². The molecule has 156 valence electrons. The van der Waals surface area contributed by atoms with Crippen LogP contribution in [0.2, 0.25) is 0 Å². The maximum atomic E-state index is 13.1. The lowest BCUT2D eigenvalue weighted by Crippen LogP contribution is -2.42. The highest BCUT2D eigenvalue weighted by molar-refractivity contribution is 7.89. The van der Waals surface area contributed by atoms with Gasteiger partial charge in [-0.3, -0.25) is 4.79 Å². The van der Waals surface area contributed by atoms with Crippen LogP contribution in [0.25, 0.3) is 0 Å². The molecule has 1 aromatic rings. The van der Waals surface area contributed by atoms with Crippen molar-refractivity contribution in [1.29, 1.82) is 0 Å². The molecule has 2 fully saturated rings. The lowest BCUT2D eigenvalue weighted by atomic mass is 9.95. The number of aryl methyl sites for hydroxylation is 1. The van der Waals surface area contributed by atoms with Gasteiger partial charge in [-0.1, -0.05) is 6.07 Å². The highest BCUT2D eigenvalue weighted by Gasteiger charge is 2.32. The number of carbonyl (C=O) groups excluding carboxylic acids is 1. The monoisotopic (exact) mass is 410 g/mol. The van der Waals surface area contributed by atoms with Crippen LogP contribution < -0.4 is 4.72 Å². The summed E-state index contributed by atoms with van der Waals surface area (Å²) in [6, 6.07) is 4.72. The summed E-state index contributed by atoms with van der Waals surface area (Å²) in [6.45, 7) is 9.67. The molecule has 0 aromatic heterocycles. The van der Waals surface area contributed by atoms with Crippen LogP contribution in [-0.2, 0) is 19.5 Å². The van der Waals surface area contributed by atoms with E-state index < -0.39 is 15.6 Å². The van der Waals surface area contributed by atoms with E-state index in [0.29, 0.717) is 37.8 Å². The van der Waals surface area contributed by atoms with Crippen LogP contribution >= 0.6 is 0 Å². The van der Waals surface area contributed by atoms with Gasteiger partial charge in [0.2, 0.25) is 10.0 Å². The van der Waals surface area contributed by atoms with Crippen molar-refractivity contribution in [2.75, 3.05) is 26.3 Å². The number of nitrogens with one attached hydrogen (secondary N) is 1. The second-order valence-electron chi connectivity index (χ2n) is 8.57. The van der Waals surface area contributed by atoms with Gasteiger partial charge in [0, 0.05) is 30.1 Å². The van der Waals surface area contributed by atoms with Gasteiger partial charge in [0.15, 0.2) is 6.29 Å². The van der Waals surface area contributed by atoms with Crippen molar-refractivity contribution in [2.45, 2.75) is 57.3 Å². The largest absolute Gasteiger partial charge is 0.350 e. The van der Waals surface area contributed by atoms with E-state index in [2.05, 4.69) is 4.72 Å². The van der Waals surface area contributed by atoms with E-state index in [0.717, 1.165) is 18.4 Å². The van der Waals surface area contributed by atoms with Gasteiger partial charge in [-0.15, -0.1) is 0 Å². The SMILES string of the molecule is Cc1ccc(S(=O)(=O)NC(C)(C)C)cc1C(=O)N1CCC(C2OCCO2)CC1. The predicted octanol–water partition coefficient (Wildman–Crippen LogP) is 2.30. The second kappa shape index (κ2) is 8.10. The number of ether oxygens (including phenoxy) is 2. The minimum absolute atomic E-state index is 0.110. The van der Waals surface area contributed by atoms with Crippen molar-refractivity contribution in [2.24, 2.45) is 5.92 Å². The predicted molar refractivity (Wildman–Crippen MR) is 106 cm³/mol. The Morgan fingerprint density at radius 2 is 1.75 bits per heavy atom. The van der Waals surface area contributed by atoms with Crippen LogP contribution in [0.15, 0.2) is 23.1 Å². The molecule has 0 bridgehead atoms. The molecule has 2 aliphatic rings. The molecule has 7 nitrogen and oxygen atoms in total. The summed E-state index contributed by atoms with van der Waals surface area (Å²) in [5.41, 5.74) is 0.605. The fourth-order valence-corrected chi connectivity index (χ4v) is 5.10. The van der Waals surface area contributed by atoms with Crippen molar-refractivity contribution in [3.05, 3.63) is 29.3 Å². The van der Waals surface area contributed by atoms with Gasteiger partial charge < -0.3 is 14.4 Å². The van der Waals surface area contributed by atoms with E-state index in [1.807, 2.05) is 6.92 Å². The highest BCUT2D eigenvalue weighted by Crippen LogP contribution is 2.27. The first-order chi connectivity index (χ1) is 13.1. The van der Waals surface area contributed by atoms with E-state index >= 15 is 0 Å². The Morgan fingerprint density at radius 3 is 2.32 bits per heavy atom. The summed E-state index contributed by atoms with van der Waals surface area (Å²) >= 11 is 0. The summed E-state index contributed by atoms with van der Waals surface area (Å²) in [5, 5.41) is 0. The molecule has 1 aromatic carbocycles. The zero-order valence-electron chi connectivity index (χ0n) is 17.0. The van der Waals surface area contributed by atoms with Gasteiger partial charge in [-0.2, -0.15) is 0 Å². The van der Waals surface area contributed by atoms with E-state index in [1.54, 1.807) is 37.8 Å². The smallest absolute Gasteiger partial charge is 0.254 e. The summed E-state index contributed by atoms with van der Waals surface area (Å²) in [6.07, 6.45) is 1.48. The average molecular weight is 411 g/mol. The zero-order valence-corrected chi connectivity index (χ0v) is 17.8. The van der Waals surface area contributed by atoms with Gasteiger partial charge in [-0.25, -0.2) is 13.1 Å². The van der Waals surface area contributed by atoms with Crippen LogP contribution in [0.3, 0.4) is 0 Å².